The predicted octanol–water partition coefficient (Wildman–Crippen LogP) is 5.43. The highest BCUT2D eigenvalue weighted by Crippen LogP contribution is 2.29. The Hall–Kier alpha value is -3.04. The van der Waals surface area contributed by atoms with Crippen LogP contribution in [0.3, 0.4) is 0 Å². The van der Waals surface area contributed by atoms with Gasteiger partial charge in [-0.05, 0) is 54.1 Å². The van der Waals surface area contributed by atoms with E-state index in [1.54, 1.807) is 18.2 Å². The molecule has 5 nitrogen and oxygen atoms in total. The van der Waals surface area contributed by atoms with Crippen LogP contribution in [0.1, 0.15) is 21.5 Å². The van der Waals surface area contributed by atoms with Gasteiger partial charge in [0, 0.05) is 19.2 Å². The number of carbonyl (C=O) groups is 1. The monoisotopic (exact) mass is 482 g/mol. The number of sulfonamides is 1. The van der Waals surface area contributed by atoms with Crippen molar-refractivity contribution in [2.45, 2.75) is 17.6 Å². The first kappa shape index (κ1) is 23.6. The number of nitrogens with one attached hydrogen (secondary N) is 1. The summed E-state index contributed by atoms with van der Waals surface area (Å²) >= 11 is 5.98. The van der Waals surface area contributed by atoms with Gasteiger partial charge in [-0.2, -0.15) is 13.2 Å². The molecule has 0 heterocycles. The summed E-state index contributed by atoms with van der Waals surface area (Å²) in [6.07, 6.45) is -4.43. The molecule has 0 bridgehead atoms. The zero-order valence-corrected chi connectivity index (χ0v) is 18.3. The standard InChI is InChI=1S/C22H18ClF3N2O3S/c1-28(14-15-6-10-17(11-7-15)22(24,25)26)21(29)16-8-12-18(13-9-16)32(30,31)27-20-5-3-2-4-19(20)23/h2-13,27H,14H2,1H3. The Morgan fingerprint density at radius 2 is 1.56 bits per heavy atom. The second-order valence-corrected chi connectivity index (χ2v) is 9.06. The molecule has 1 amide bonds. The molecule has 0 aromatic heterocycles. The second kappa shape index (κ2) is 9.22. The van der Waals surface area contributed by atoms with Crippen LogP contribution in [0.2, 0.25) is 5.02 Å². The molecule has 1 N–H and O–H groups in total. The Bertz CT molecular complexity index is 1210. The van der Waals surface area contributed by atoms with Crippen molar-refractivity contribution < 1.29 is 26.4 Å². The fourth-order valence-electron chi connectivity index (χ4n) is 2.89. The molecule has 168 valence electrons. The molecular weight excluding hydrogens is 465 g/mol. The van der Waals surface area contributed by atoms with Crippen LogP contribution >= 0.6 is 11.6 Å². The van der Waals surface area contributed by atoms with Gasteiger partial charge in [0.1, 0.15) is 0 Å². The minimum absolute atomic E-state index is 0.0561. The van der Waals surface area contributed by atoms with Crippen LogP contribution in [-0.2, 0) is 22.7 Å². The van der Waals surface area contributed by atoms with E-state index in [9.17, 15) is 26.4 Å². The highest BCUT2D eigenvalue weighted by Gasteiger charge is 2.30. The van der Waals surface area contributed by atoms with Gasteiger partial charge in [-0.3, -0.25) is 9.52 Å². The smallest absolute Gasteiger partial charge is 0.337 e. The lowest BCUT2D eigenvalue weighted by atomic mass is 10.1. The van der Waals surface area contributed by atoms with Crippen molar-refractivity contribution in [3.8, 4) is 0 Å². The van der Waals surface area contributed by atoms with Gasteiger partial charge in [0.15, 0.2) is 0 Å². The second-order valence-electron chi connectivity index (χ2n) is 6.97. The van der Waals surface area contributed by atoms with E-state index in [-0.39, 0.29) is 27.7 Å². The third kappa shape index (κ3) is 5.60. The third-order valence-corrected chi connectivity index (χ3v) is 6.29. The summed E-state index contributed by atoms with van der Waals surface area (Å²) in [5.41, 5.74) is 0.219. The van der Waals surface area contributed by atoms with Crippen LogP contribution in [0, 0.1) is 0 Å². The summed E-state index contributed by atoms with van der Waals surface area (Å²) in [6.45, 7) is 0.0884. The lowest BCUT2D eigenvalue weighted by Gasteiger charge is -2.18. The van der Waals surface area contributed by atoms with E-state index in [1.165, 1.54) is 54.4 Å². The normalized spacial score (nSPS) is 11.8. The Labute approximate surface area is 188 Å². The lowest BCUT2D eigenvalue weighted by molar-refractivity contribution is -0.137. The number of benzene rings is 3. The zero-order valence-electron chi connectivity index (χ0n) is 16.7. The van der Waals surface area contributed by atoms with E-state index in [4.69, 9.17) is 11.6 Å². The van der Waals surface area contributed by atoms with Crippen molar-refractivity contribution in [3.63, 3.8) is 0 Å². The number of halogens is 4. The molecule has 0 aliphatic rings. The summed E-state index contributed by atoms with van der Waals surface area (Å²) in [5.74, 6) is -0.409. The highest BCUT2D eigenvalue weighted by molar-refractivity contribution is 7.92. The SMILES string of the molecule is CN(Cc1ccc(C(F)(F)F)cc1)C(=O)c1ccc(S(=O)(=O)Nc2ccccc2Cl)cc1. The molecule has 0 unspecified atom stereocenters. The number of anilines is 1. The van der Waals surface area contributed by atoms with E-state index < -0.39 is 27.7 Å². The predicted molar refractivity (Wildman–Crippen MR) is 116 cm³/mol. The molecular formula is C22H18ClF3N2O3S. The molecule has 3 rings (SSSR count). The Morgan fingerprint density at radius 3 is 2.12 bits per heavy atom. The van der Waals surface area contributed by atoms with Gasteiger partial charge in [0.2, 0.25) is 0 Å². The number of alkyl halides is 3. The number of nitrogens with zero attached hydrogens (tertiary/aromatic N) is 1. The largest absolute Gasteiger partial charge is 0.416 e. The van der Waals surface area contributed by atoms with Crippen LogP contribution in [0.5, 0.6) is 0 Å². The molecule has 0 saturated heterocycles. The average molecular weight is 483 g/mol. The van der Waals surface area contributed by atoms with Gasteiger partial charge in [0.25, 0.3) is 15.9 Å². The average Bonchev–Trinajstić information content (AvgIpc) is 2.74. The number of carbonyl (C=O) groups excluding carboxylic acids is 1. The quantitative estimate of drug-likeness (QED) is 0.509. The molecule has 0 aliphatic heterocycles. The highest BCUT2D eigenvalue weighted by atomic mass is 35.5. The molecule has 0 fully saturated rings. The maximum atomic E-state index is 12.7. The Kier molecular flexibility index (Phi) is 6.80. The molecule has 0 aliphatic carbocycles. The van der Waals surface area contributed by atoms with Crippen LogP contribution in [0.4, 0.5) is 18.9 Å². The molecule has 3 aromatic rings. The molecule has 3 aromatic carbocycles. The first-order valence-electron chi connectivity index (χ1n) is 9.26. The Morgan fingerprint density at radius 1 is 0.969 bits per heavy atom. The maximum absolute atomic E-state index is 12.7. The third-order valence-electron chi connectivity index (χ3n) is 4.58. The van der Waals surface area contributed by atoms with Crippen molar-refractivity contribution in [3.05, 3.63) is 94.5 Å². The maximum Gasteiger partial charge on any atom is 0.416 e. The number of para-hydroxylation sites is 1. The van der Waals surface area contributed by atoms with Crippen molar-refractivity contribution in [1.29, 1.82) is 0 Å². The van der Waals surface area contributed by atoms with Gasteiger partial charge in [-0.1, -0.05) is 35.9 Å². The van der Waals surface area contributed by atoms with Crippen molar-refractivity contribution in [2.24, 2.45) is 0 Å². The first-order chi connectivity index (χ1) is 15.0. The molecule has 32 heavy (non-hydrogen) atoms. The van der Waals surface area contributed by atoms with E-state index >= 15 is 0 Å². The number of hydrogen-bond donors (Lipinski definition) is 1. The molecule has 0 spiro atoms. The van der Waals surface area contributed by atoms with Gasteiger partial charge in [-0.25, -0.2) is 8.42 Å². The topological polar surface area (TPSA) is 66.5 Å². The van der Waals surface area contributed by atoms with Crippen molar-refractivity contribution in [2.75, 3.05) is 11.8 Å². The van der Waals surface area contributed by atoms with E-state index in [0.717, 1.165) is 12.1 Å². The minimum atomic E-state index is -4.43. The molecule has 0 atom stereocenters. The van der Waals surface area contributed by atoms with Crippen LogP contribution in [0.15, 0.2) is 77.7 Å². The molecule has 0 radical (unpaired) electrons. The van der Waals surface area contributed by atoms with Gasteiger partial charge < -0.3 is 4.90 Å². The Balaban J connectivity index is 1.69. The van der Waals surface area contributed by atoms with Crippen LogP contribution < -0.4 is 4.72 Å². The van der Waals surface area contributed by atoms with Crippen molar-refractivity contribution >= 4 is 33.2 Å². The van der Waals surface area contributed by atoms with Gasteiger partial charge in [-0.15, -0.1) is 0 Å². The van der Waals surface area contributed by atoms with E-state index in [0.29, 0.717) is 5.56 Å². The van der Waals surface area contributed by atoms with E-state index in [2.05, 4.69) is 4.72 Å². The molecule has 0 saturated carbocycles. The first-order valence-corrected chi connectivity index (χ1v) is 11.1. The fourth-order valence-corrected chi connectivity index (χ4v) is 4.21. The summed E-state index contributed by atoms with van der Waals surface area (Å²) in [5, 5.41) is 0.243. The fraction of sp³-hybridized carbons (Fsp3) is 0.136. The number of hydrogen-bond acceptors (Lipinski definition) is 3. The minimum Gasteiger partial charge on any atom is -0.337 e. The van der Waals surface area contributed by atoms with Crippen LogP contribution in [0.25, 0.3) is 0 Å². The number of amides is 1. The summed E-state index contributed by atoms with van der Waals surface area (Å²) < 4.78 is 65.5. The summed E-state index contributed by atoms with van der Waals surface area (Å²) in [7, 11) is -2.41. The van der Waals surface area contributed by atoms with Gasteiger partial charge >= 0.3 is 6.18 Å². The van der Waals surface area contributed by atoms with Gasteiger partial charge in [0.05, 0.1) is 21.2 Å². The zero-order chi connectivity index (χ0) is 23.5. The van der Waals surface area contributed by atoms with Crippen molar-refractivity contribution in [1.82, 2.24) is 4.90 Å². The lowest BCUT2D eigenvalue weighted by Crippen LogP contribution is -2.26. The summed E-state index contributed by atoms with van der Waals surface area (Å²) in [6, 6.07) is 16.2. The summed E-state index contributed by atoms with van der Waals surface area (Å²) in [4.78, 5) is 13.9. The number of rotatable bonds is 6. The van der Waals surface area contributed by atoms with Crippen LogP contribution in [-0.4, -0.2) is 26.3 Å². The molecule has 10 heteroatoms. The van der Waals surface area contributed by atoms with E-state index in [1.807, 2.05) is 0 Å².